The normalized spacial score (nSPS) is 32.7. The molecule has 2 aromatic rings. The fourth-order valence-electron chi connectivity index (χ4n) is 2.47. The Balaban J connectivity index is 2.09. The molecule has 0 radical (unpaired) electrons. The number of hydrogen-bond acceptors (Lipinski definition) is 9. The second-order valence-corrected chi connectivity index (χ2v) is 5.04. The zero-order valence-corrected chi connectivity index (χ0v) is 11.1. The number of ether oxygens (including phenoxy) is 1. The third kappa shape index (κ3) is 1.96. The van der Waals surface area contributed by atoms with Crippen molar-refractivity contribution < 1.29 is 25.3 Å². The van der Waals surface area contributed by atoms with Crippen LogP contribution in [0.1, 0.15) is 13.2 Å². The van der Waals surface area contributed by atoms with Gasteiger partial charge in [0.25, 0.3) is 0 Å². The predicted octanol–water partition coefficient (Wildman–Crippen LogP) is -1.37. The molecule has 5 N–H and O–H groups in total. The number of rotatable bonds is 3. The van der Waals surface area contributed by atoms with Crippen molar-refractivity contribution in [2.24, 2.45) is 0 Å². The molecule has 1 aliphatic heterocycles. The molecule has 0 amide bonds. The van der Waals surface area contributed by atoms with Gasteiger partial charge in [0, 0.05) is 0 Å². The maximum Gasteiger partial charge on any atom is 0.183 e. The summed E-state index contributed by atoms with van der Waals surface area (Å²) in [5, 5.41) is 43.1. The molecule has 114 valence electrons. The second kappa shape index (κ2) is 4.86. The summed E-state index contributed by atoms with van der Waals surface area (Å²) in [6.45, 7) is 0.948. The molecule has 1 fully saturated rings. The van der Waals surface area contributed by atoms with Crippen LogP contribution in [0, 0.1) is 0 Å². The van der Waals surface area contributed by atoms with Crippen LogP contribution in [0.25, 0.3) is 11.0 Å². The topological polar surface area (TPSA) is 146 Å². The summed E-state index contributed by atoms with van der Waals surface area (Å²) in [6.07, 6.45) is -0.636. The van der Waals surface area contributed by atoms with Gasteiger partial charge in [0.2, 0.25) is 0 Å². The van der Waals surface area contributed by atoms with Crippen molar-refractivity contribution in [1.29, 1.82) is 0 Å². The summed E-state index contributed by atoms with van der Waals surface area (Å²) >= 11 is 0. The average Bonchev–Trinajstić information content (AvgIpc) is 2.99. The number of aliphatic hydroxyl groups is 3. The summed E-state index contributed by atoms with van der Waals surface area (Å²) in [4.78, 5) is 7.87. The fourth-order valence-corrected chi connectivity index (χ4v) is 2.47. The Hall–Kier alpha value is -1.85. The van der Waals surface area contributed by atoms with Gasteiger partial charge >= 0.3 is 0 Å². The van der Waals surface area contributed by atoms with Crippen LogP contribution in [0.3, 0.4) is 0 Å². The Morgan fingerprint density at radius 2 is 2.24 bits per heavy atom. The van der Waals surface area contributed by atoms with E-state index in [4.69, 9.17) is 9.94 Å². The fraction of sp³-hybridized carbons (Fsp3) is 0.545. The second-order valence-electron chi connectivity index (χ2n) is 5.04. The molecule has 3 rings (SSSR count). The van der Waals surface area contributed by atoms with E-state index >= 15 is 0 Å². The first kappa shape index (κ1) is 14.1. The maximum atomic E-state index is 10.4. The molecule has 0 aliphatic carbocycles. The lowest BCUT2D eigenvalue weighted by molar-refractivity contribution is -0.100. The smallest absolute Gasteiger partial charge is 0.183 e. The van der Waals surface area contributed by atoms with Crippen molar-refractivity contribution in [1.82, 2.24) is 19.7 Å². The van der Waals surface area contributed by atoms with E-state index in [2.05, 4.69) is 15.1 Å². The molecule has 3 heterocycles. The first-order chi connectivity index (χ1) is 10.0. The number of aliphatic hydroxyl groups excluding tert-OH is 2. The van der Waals surface area contributed by atoms with E-state index in [9.17, 15) is 15.3 Å². The molecule has 0 aromatic carbocycles. The number of hydrogen-bond donors (Lipinski definition) is 5. The average molecular weight is 297 g/mol. The third-order valence-corrected chi connectivity index (χ3v) is 3.65. The first-order valence-corrected chi connectivity index (χ1v) is 6.25. The van der Waals surface area contributed by atoms with E-state index in [0.717, 1.165) is 0 Å². The van der Waals surface area contributed by atoms with E-state index < -0.39 is 30.6 Å². The van der Waals surface area contributed by atoms with Crippen LogP contribution in [0.2, 0.25) is 0 Å². The van der Waals surface area contributed by atoms with Gasteiger partial charge in [-0.1, -0.05) is 0 Å². The number of nitrogens with one attached hydrogen (secondary N) is 1. The largest absolute Gasteiger partial charge is 0.394 e. The van der Waals surface area contributed by atoms with Gasteiger partial charge in [0.05, 0.1) is 18.2 Å². The van der Waals surface area contributed by atoms with E-state index in [0.29, 0.717) is 11.0 Å². The van der Waals surface area contributed by atoms with Crippen molar-refractivity contribution in [3.05, 3.63) is 12.5 Å². The molecule has 0 unspecified atom stereocenters. The highest BCUT2D eigenvalue weighted by Crippen LogP contribution is 2.39. The lowest BCUT2D eigenvalue weighted by Crippen LogP contribution is -2.44. The lowest BCUT2D eigenvalue weighted by atomic mass is 9.97. The van der Waals surface area contributed by atoms with Crippen LogP contribution >= 0.6 is 0 Å². The third-order valence-electron chi connectivity index (χ3n) is 3.65. The summed E-state index contributed by atoms with van der Waals surface area (Å²) in [6, 6.07) is 0. The minimum atomic E-state index is -1.66. The zero-order valence-electron chi connectivity index (χ0n) is 11.1. The number of aromatic nitrogens is 4. The van der Waals surface area contributed by atoms with Crippen LogP contribution in [0.5, 0.6) is 0 Å². The van der Waals surface area contributed by atoms with Gasteiger partial charge in [-0.2, -0.15) is 5.10 Å². The van der Waals surface area contributed by atoms with Gasteiger partial charge < -0.3 is 20.1 Å². The Bertz CT molecular complexity index is 659. The molecule has 10 nitrogen and oxygen atoms in total. The Kier molecular flexibility index (Phi) is 3.26. The maximum absolute atomic E-state index is 10.4. The Morgan fingerprint density at radius 1 is 1.48 bits per heavy atom. The van der Waals surface area contributed by atoms with Gasteiger partial charge in [-0.05, 0) is 6.92 Å². The van der Waals surface area contributed by atoms with E-state index in [1.165, 1.54) is 24.1 Å². The summed E-state index contributed by atoms with van der Waals surface area (Å²) in [5.74, 6) is 0.156. The van der Waals surface area contributed by atoms with Crippen LogP contribution in [-0.4, -0.2) is 64.7 Å². The molecule has 0 spiro atoms. The van der Waals surface area contributed by atoms with Crippen molar-refractivity contribution in [3.63, 3.8) is 0 Å². The molecule has 4 atom stereocenters. The van der Waals surface area contributed by atoms with Gasteiger partial charge in [-0.3, -0.25) is 10.7 Å². The van der Waals surface area contributed by atoms with Crippen LogP contribution in [0.4, 0.5) is 5.82 Å². The van der Waals surface area contributed by atoms with Gasteiger partial charge in [0.1, 0.15) is 24.1 Å². The molecule has 1 saturated heterocycles. The molecular formula is C11H15N5O5. The highest BCUT2D eigenvalue weighted by molar-refractivity contribution is 5.85. The first-order valence-electron chi connectivity index (χ1n) is 6.25. The summed E-state index contributed by atoms with van der Waals surface area (Å²) < 4.78 is 6.75. The van der Waals surface area contributed by atoms with Crippen molar-refractivity contribution in [3.8, 4) is 0 Å². The molecule has 2 aromatic heterocycles. The van der Waals surface area contributed by atoms with E-state index in [1.807, 2.05) is 5.48 Å². The van der Waals surface area contributed by atoms with Gasteiger partial charge in [0.15, 0.2) is 17.7 Å². The molecule has 0 bridgehead atoms. The van der Waals surface area contributed by atoms with Crippen LogP contribution < -0.4 is 5.48 Å². The molecule has 1 aliphatic rings. The monoisotopic (exact) mass is 297 g/mol. The number of anilines is 1. The van der Waals surface area contributed by atoms with E-state index in [1.54, 1.807) is 0 Å². The van der Waals surface area contributed by atoms with Crippen LogP contribution in [-0.2, 0) is 4.74 Å². The Morgan fingerprint density at radius 3 is 2.86 bits per heavy atom. The SMILES string of the molecule is C[C@]1(O)[C@H](O)[C@@H](CO)O[C@H]1n1ncc2c(NO)ncnc21. The lowest BCUT2D eigenvalue weighted by Gasteiger charge is -2.26. The quantitative estimate of drug-likeness (QED) is 0.433. The standard InChI is InChI=1S/C11H15N5O5/c1-11(19)7(18)6(3-17)21-10(11)16-9-5(2-14-16)8(15-20)12-4-13-9/h2,4,6-7,10,17-20H,3H2,1H3,(H,12,13,15)/t6-,7-,10-,11+/m1/s1. The summed E-state index contributed by atoms with van der Waals surface area (Å²) in [7, 11) is 0. The summed E-state index contributed by atoms with van der Waals surface area (Å²) in [5.41, 5.74) is 0.567. The molecule has 0 saturated carbocycles. The minimum Gasteiger partial charge on any atom is -0.394 e. The number of fused-ring (bicyclic) bond motifs is 1. The Labute approximate surface area is 118 Å². The molecule has 21 heavy (non-hydrogen) atoms. The minimum absolute atomic E-state index is 0.156. The number of nitrogens with zero attached hydrogens (tertiary/aromatic N) is 4. The zero-order chi connectivity index (χ0) is 15.2. The highest BCUT2D eigenvalue weighted by Gasteiger charge is 2.53. The van der Waals surface area contributed by atoms with Crippen molar-refractivity contribution >= 4 is 16.9 Å². The van der Waals surface area contributed by atoms with Gasteiger partial charge in [-0.25, -0.2) is 14.6 Å². The van der Waals surface area contributed by atoms with Gasteiger partial charge in [-0.15, -0.1) is 0 Å². The van der Waals surface area contributed by atoms with Crippen LogP contribution in [0.15, 0.2) is 12.5 Å². The van der Waals surface area contributed by atoms with Crippen molar-refractivity contribution in [2.45, 2.75) is 31.0 Å². The highest BCUT2D eigenvalue weighted by atomic mass is 16.6. The van der Waals surface area contributed by atoms with E-state index in [-0.39, 0.29) is 5.82 Å². The molecule has 10 heteroatoms. The predicted molar refractivity (Wildman–Crippen MR) is 68.4 cm³/mol. The molecular weight excluding hydrogens is 282 g/mol. The van der Waals surface area contributed by atoms with Crippen molar-refractivity contribution in [2.75, 3.05) is 12.1 Å².